The molecule has 38 heavy (non-hydrogen) atoms. The first-order chi connectivity index (χ1) is 18.4. The van der Waals surface area contributed by atoms with Crippen LogP contribution in [0.5, 0.6) is 11.8 Å². The molecule has 5 rings (SSSR count). The smallest absolute Gasteiger partial charge is 0.262 e. The van der Waals surface area contributed by atoms with Crippen molar-refractivity contribution < 1.29 is 9.47 Å². The molecule has 1 N–H and O–H groups in total. The first kappa shape index (κ1) is 25.3. The lowest BCUT2D eigenvalue weighted by atomic mass is 9.92. The standard InChI is InChI=1S/C28H32N8O2/c1-6-37-26-23-24(27(33-32-26)38-7-2)36(22(29-23)16-28(3,4)5)17-18-12-14-19(15-13-18)20-10-8-9-11-21(20)25-30-34-35-31-25/h8-15H,6-7,16-17H2,1-5H3,(H,30,31,34,35). The zero-order valence-corrected chi connectivity index (χ0v) is 22.4. The third-order valence-electron chi connectivity index (χ3n) is 6.07. The second-order valence-electron chi connectivity index (χ2n) is 10.2. The topological polar surface area (TPSA) is 117 Å². The van der Waals surface area contributed by atoms with Crippen LogP contribution in [0, 0.1) is 5.41 Å². The number of aromatic nitrogens is 8. The zero-order chi connectivity index (χ0) is 26.7. The Morgan fingerprint density at radius 3 is 2.18 bits per heavy atom. The Balaban J connectivity index is 1.56. The predicted octanol–water partition coefficient (Wildman–Crippen LogP) is 5.11. The van der Waals surface area contributed by atoms with Gasteiger partial charge in [-0.3, -0.25) is 0 Å². The van der Waals surface area contributed by atoms with Crippen LogP contribution in [0.25, 0.3) is 33.5 Å². The molecule has 196 valence electrons. The fourth-order valence-corrected chi connectivity index (χ4v) is 4.49. The van der Waals surface area contributed by atoms with E-state index in [-0.39, 0.29) is 5.41 Å². The van der Waals surface area contributed by atoms with Crippen LogP contribution in [0.2, 0.25) is 0 Å². The fraction of sp³-hybridized carbons (Fsp3) is 0.357. The van der Waals surface area contributed by atoms with Crippen molar-refractivity contribution in [1.29, 1.82) is 0 Å². The summed E-state index contributed by atoms with van der Waals surface area (Å²) >= 11 is 0. The number of rotatable bonds is 9. The van der Waals surface area contributed by atoms with Crippen molar-refractivity contribution in [2.75, 3.05) is 13.2 Å². The van der Waals surface area contributed by atoms with E-state index in [2.05, 4.69) is 86.5 Å². The van der Waals surface area contributed by atoms with E-state index in [1.807, 2.05) is 32.0 Å². The van der Waals surface area contributed by atoms with Crippen LogP contribution in [-0.4, -0.2) is 53.6 Å². The predicted molar refractivity (Wildman–Crippen MR) is 145 cm³/mol. The van der Waals surface area contributed by atoms with E-state index >= 15 is 0 Å². The summed E-state index contributed by atoms with van der Waals surface area (Å²) in [6, 6.07) is 16.6. The first-order valence-electron chi connectivity index (χ1n) is 12.8. The second kappa shape index (κ2) is 10.6. The van der Waals surface area contributed by atoms with Crippen molar-refractivity contribution in [1.82, 2.24) is 40.4 Å². The van der Waals surface area contributed by atoms with Gasteiger partial charge in [0.05, 0.1) is 13.2 Å². The van der Waals surface area contributed by atoms with Crippen LogP contribution in [0.15, 0.2) is 48.5 Å². The van der Waals surface area contributed by atoms with Crippen molar-refractivity contribution in [3.05, 3.63) is 59.9 Å². The Morgan fingerprint density at radius 1 is 0.842 bits per heavy atom. The summed E-state index contributed by atoms with van der Waals surface area (Å²) in [5.74, 6) is 2.46. The molecular formula is C28H32N8O2. The average Bonchev–Trinajstić information content (AvgIpc) is 3.55. The molecule has 10 heteroatoms. The van der Waals surface area contributed by atoms with Gasteiger partial charge in [0.2, 0.25) is 0 Å². The summed E-state index contributed by atoms with van der Waals surface area (Å²) in [7, 11) is 0. The Hall–Kier alpha value is -4.34. The van der Waals surface area contributed by atoms with E-state index < -0.39 is 0 Å². The Labute approximate surface area is 221 Å². The minimum Gasteiger partial charge on any atom is -0.475 e. The number of hydrogen-bond donors (Lipinski definition) is 1. The van der Waals surface area contributed by atoms with E-state index in [9.17, 15) is 0 Å². The maximum absolute atomic E-state index is 5.89. The zero-order valence-electron chi connectivity index (χ0n) is 22.4. The van der Waals surface area contributed by atoms with Crippen LogP contribution in [-0.2, 0) is 13.0 Å². The second-order valence-corrected chi connectivity index (χ2v) is 10.2. The lowest BCUT2D eigenvalue weighted by Crippen LogP contribution is -2.15. The van der Waals surface area contributed by atoms with Crippen molar-refractivity contribution in [2.45, 2.75) is 47.6 Å². The summed E-state index contributed by atoms with van der Waals surface area (Å²) < 4.78 is 13.9. The SMILES string of the molecule is CCOc1nnc(OCC)c2c1nc(CC(C)(C)C)n2Cc1ccc(-c2ccccc2-c2nnn[nH]2)cc1. The maximum atomic E-state index is 5.89. The molecule has 0 unspecified atom stereocenters. The molecule has 0 bridgehead atoms. The highest BCUT2D eigenvalue weighted by molar-refractivity contribution is 5.85. The Morgan fingerprint density at radius 2 is 1.53 bits per heavy atom. The first-order valence-corrected chi connectivity index (χ1v) is 12.8. The molecule has 0 saturated carbocycles. The van der Waals surface area contributed by atoms with Crippen molar-refractivity contribution in [2.24, 2.45) is 5.41 Å². The number of nitrogens with one attached hydrogen (secondary N) is 1. The van der Waals surface area contributed by atoms with Gasteiger partial charge in [0.25, 0.3) is 11.8 Å². The molecule has 0 atom stereocenters. The number of fused-ring (bicyclic) bond motifs is 1. The average molecular weight is 513 g/mol. The van der Waals surface area contributed by atoms with Crippen molar-refractivity contribution in [3.8, 4) is 34.3 Å². The maximum Gasteiger partial charge on any atom is 0.262 e. The van der Waals surface area contributed by atoms with E-state index in [0.717, 1.165) is 40.0 Å². The highest BCUT2D eigenvalue weighted by atomic mass is 16.5. The number of H-pyrrole nitrogens is 1. The highest BCUT2D eigenvalue weighted by Gasteiger charge is 2.24. The molecule has 5 aromatic rings. The van der Waals surface area contributed by atoms with Crippen molar-refractivity contribution >= 4 is 11.0 Å². The van der Waals surface area contributed by atoms with Crippen molar-refractivity contribution in [3.63, 3.8) is 0 Å². The molecule has 0 aliphatic rings. The number of ether oxygens (including phenoxy) is 2. The van der Waals surface area contributed by atoms with E-state index in [1.54, 1.807) is 0 Å². The molecule has 2 aromatic carbocycles. The molecule has 0 saturated heterocycles. The van der Waals surface area contributed by atoms with Gasteiger partial charge in [-0.05, 0) is 46.4 Å². The van der Waals surface area contributed by atoms with Crippen LogP contribution >= 0.6 is 0 Å². The molecule has 0 aliphatic carbocycles. The number of tetrazole rings is 1. The lowest BCUT2D eigenvalue weighted by molar-refractivity contribution is 0.308. The van der Waals surface area contributed by atoms with Gasteiger partial charge in [-0.2, -0.15) is 0 Å². The largest absolute Gasteiger partial charge is 0.475 e. The van der Waals surface area contributed by atoms with Gasteiger partial charge in [0.15, 0.2) is 11.3 Å². The van der Waals surface area contributed by atoms with Gasteiger partial charge in [0.1, 0.15) is 11.3 Å². The minimum atomic E-state index is 0.0284. The molecule has 0 amide bonds. The minimum absolute atomic E-state index is 0.0284. The van der Waals surface area contributed by atoms with Gasteiger partial charge in [-0.15, -0.1) is 15.3 Å². The number of nitrogens with zero attached hydrogens (tertiary/aromatic N) is 7. The van der Waals surface area contributed by atoms with E-state index in [1.165, 1.54) is 0 Å². The summed E-state index contributed by atoms with van der Waals surface area (Å²) in [6.45, 7) is 12.0. The molecular weight excluding hydrogens is 480 g/mol. The summed E-state index contributed by atoms with van der Waals surface area (Å²) in [5.41, 5.74) is 5.70. The molecule has 0 aliphatic heterocycles. The van der Waals surface area contributed by atoms with Crippen LogP contribution < -0.4 is 9.47 Å². The van der Waals surface area contributed by atoms with Crippen LogP contribution in [0.1, 0.15) is 46.0 Å². The normalized spacial score (nSPS) is 11.7. The van der Waals surface area contributed by atoms with Crippen LogP contribution in [0.3, 0.4) is 0 Å². The summed E-state index contributed by atoms with van der Waals surface area (Å²) in [4.78, 5) is 4.99. The molecule has 3 aromatic heterocycles. The summed E-state index contributed by atoms with van der Waals surface area (Å²) in [5, 5.41) is 23.0. The van der Waals surface area contributed by atoms with E-state index in [4.69, 9.17) is 14.5 Å². The highest BCUT2D eigenvalue weighted by Crippen LogP contribution is 2.34. The van der Waals surface area contributed by atoms with Gasteiger partial charge >= 0.3 is 0 Å². The Bertz CT molecular complexity index is 1520. The molecule has 3 heterocycles. The molecule has 0 radical (unpaired) electrons. The molecule has 0 spiro atoms. The van der Waals surface area contributed by atoms with Gasteiger partial charge < -0.3 is 14.0 Å². The van der Waals surface area contributed by atoms with Gasteiger partial charge in [0, 0.05) is 18.5 Å². The van der Waals surface area contributed by atoms with E-state index in [0.29, 0.717) is 42.9 Å². The third kappa shape index (κ3) is 5.20. The van der Waals surface area contributed by atoms with Gasteiger partial charge in [-0.1, -0.05) is 69.3 Å². The number of benzene rings is 2. The van der Waals surface area contributed by atoms with Gasteiger partial charge in [-0.25, -0.2) is 10.1 Å². The lowest BCUT2D eigenvalue weighted by Gasteiger charge is -2.19. The molecule has 0 fully saturated rings. The monoisotopic (exact) mass is 512 g/mol. The number of aromatic amines is 1. The number of hydrogen-bond acceptors (Lipinski definition) is 8. The Kier molecular flexibility index (Phi) is 7.04. The molecule has 10 nitrogen and oxygen atoms in total. The fourth-order valence-electron chi connectivity index (χ4n) is 4.49. The quantitative estimate of drug-likeness (QED) is 0.290. The number of imidazole rings is 1. The summed E-state index contributed by atoms with van der Waals surface area (Å²) in [6.07, 6.45) is 0.773. The third-order valence-corrected chi connectivity index (χ3v) is 6.07. The van der Waals surface area contributed by atoms with Crippen LogP contribution in [0.4, 0.5) is 0 Å².